The first-order valence-corrected chi connectivity index (χ1v) is 6.75. The molecule has 2 N–H and O–H groups in total. The largest absolute Gasteiger partial charge is 0.323 e. The van der Waals surface area contributed by atoms with Crippen LogP contribution < -0.4 is 16.2 Å². The first-order chi connectivity index (χ1) is 10.7. The minimum absolute atomic E-state index is 0.129. The quantitative estimate of drug-likeness (QED) is 0.761. The first kappa shape index (κ1) is 13.8. The maximum atomic E-state index is 12.1. The van der Waals surface area contributed by atoms with Gasteiger partial charge in [-0.3, -0.25) is 4.79 Å². The van der Waals surface area contributed by atoms with Gasteiger partial charge in [-0.2, -0.15) is 0 Å². The number of benzene rings is 2. The number of hydrogen-bond donors (Lipinski definition) is 2. The summed E-state index contributed by atoms with van der Waals surface area (Å²) in [5.74, 6) is 0. The van der Waals surface area contributed by atoms with E-state index in [0.717, 1.165) is 5.39 Å². The molecule has 0 radical (unpaired) electrons. The van der Waals surface area contributed by atoms with Crippen molar-refractivity contribution in [3.8, 4) is 0 Å². The molecule has 0 saturated heterocycles. The van der Waals surface area contributed by atoms with Crippen molar-refractivity contribution in [2.24, 2.45) is 0 Å². The van der Waals surface area contributed by atoms with Gasteiger partial charge in [-0.1, -0.05) is 42.5 Å². The first-order valence-electron chi connectivity index (χ1n) is 6.75. The molecule has 108 valence electrons. The average Bonchev–Trinajstić information content (AvgIpc) is 2.68. The molecular weight excluding hydrogens is 278 g/mol. The van der Waals surface area contributed by atoms with Crippen molar-refractivity contribution in [2.75, 3.05) is 10.6 Å². The van der Waals surface area contributed by atoms with Crippen molar-refractivity contribution in [2.45, 2.75) is 0 Å². The zero-order valence-electron chi connectivity index (χ0n) is 11.6. The standard InChI is InChI=1S/C17H13N3O2/c21-16-15(11-10-12-6-4-5-9-14(12)19-16)20-17(22)18-13-7-2-1-3-8-13/h1-11H,(H2,18,19,20,21,22). The number of fused-ring (bicyclic) bond motifs is 1. The Hall–Kier alpha value is -3.21. The summed E-state index contributed by atoms with van der Waals surface area (Å²) < 4.78 is 0. The third-order valence-corrected chi connectivity index (χ3v) is 3.10. The zero-order chi connectivity index (χ0) is 15.4. The molecule has 0 spiro atoms. The molecule has 1 heterocycles. The molecule has 1 aromatic heterocycles. The van der Waals surface area contributed by atoms with E-state index >= 15 is 0 Å². The number of hydrogen-bond acceptors (Lipinski definition) is 3. The van der Waals surface area contributed by atoms with Gasteiger partial charge in [0.25, 0.3) is 5.56 Å². The van der Waals surface area contributed by atoms with E-state index in [1.54, 1.807) is 30.3 Å². The van der Waals surface area contributed by atoms with E-state index in [1.165, 1.54) is 0 Å². The molecule has 0 aliphatic rings. The molecule has 3 rings (SSSR count). The van der Waals surface area contributed by atoms with Crippen LogP contribution >= 0.6 is 0 Å². The summed E-state index contributed by atoms with van der Waals surface area (Å²) >= 11 is 0. The molecule has 0 unspecified atom stereocenters. The number of aromatic nitrogens is 1. The summed E-state index contributed by atoms with van der Waals surface area (Å²) in [6.07, 6.45) is 0. The lowest BCUT2D eigenvalue weighted by Crippen LogP contribution is -2.23. The van der Waals surface area contributed by atoms with Crippen LogP contribution in [0.1, 0.15) is 0 Å². The Labute approximate surface area is 126 Å². The summed E-state index contributed by atoms with van der Waals surface area (Å²) in [5, 5.41) is 6.01. The van der Waals surface area contributed by atoms with E-state index in [0.29, 0.717) is 11.2 Å². The topological polar surface area (TPSA) is 71.1 Å². The van der Waals surface area contributed by atoms with Gasteiger partial charge >= 0.3 is 6.03 Å². The second kappa shape index (κ2) is 6.05. The van der Waals surface area contributed by atoms with Crippen LogP contribution in [-0.4, -0.2) is 11.0 Å². The van der Waals surface area contributed by atoms with Gasteiger partial charge < -0.3 is 10.6 Å². The smallest absolute Gasteiger partial charge is 0.308 e. The molecule has 0 bridgehead atoms. The van der Waals surface area contributed by atoms with Gasteiger partial charge in [0.1, 0.15) is 5.69 Å². The molecule has 22 heavy (non-hydrogen) atoms. The maximum Gasteiger partial charge on any atom is 0.323 e. The van der Waals surface area contributed by atoms with Gasteiger partial charge in [0, 0.05) is 11.1 Å². The van der Waals surface area contributed by atoms with Gasteiger partial charge in [0.05, 0.1) is 5.52 Å². The van der Waals surface area contributed by atoms with Crippen molar-refractivity contribution in [1.29, 1.82) is 0 Å². The molecule has 0 aliphatic heterocycles. The van der Waals surface area contributed by atoms with E-state index in [9.17, 15) is 9.59 Å². The summed E-state index contributed by atoms with van der Waals surface area (Å²) in [7, 11) is 0. The minimum atomic E-state index is -0.486. The average molecular weight is 291 g/mol. The Balaban J connectivity index is 1.86. The SMILES string of the molecule is O=C(Nc1ccccc1)Nc1ccc2ccccc2nc1=O. The lowest BCUT2D eigenvalue weighted by molar-refractivity contribution is 0.262. The number of anilines is 2. The normalized spacial score (nSPS) is 10.2. The lowest BCUT2D eigenvalue weighted by atomic mass is 10.2. The van der Waals surface area contributed by atoms with Crippen LogP contribution in [0.3, 0.4) is 0 Å². The Morgan fingerprint density at radius 2 is 1.55 bits per heavy atom. The second-order valence-electron chi connectivity index (χ2n) is 4.67. The fraction of sp³-hybridized carbons (Fsp3) is 0. The van der Waals surface area contributed by atoms with Crippen LogP contribution in [0.4, 0.5) is 16.2 Å². The van der Waals surface area contributed by atoms with E-state index in [4.69, 9.17) is 0 Å². The Morgan fingerprint density at radius 1 is 0.818 bits per heavy atom. The van der Waals surface area contributed by atoms with Crippen molar-refractivity contribution >= 4 is 28.3 Å². The fourth-order valence-electron chi connectivity index (χ4n) is 2.05. The highest BCUT2D eigenvalue weighted by Crippen LogP contribution is 2.10. The zero-order valence-corrected chi connectivity index (χ0v) is 11.6. The molecule has 3 aromatic rings. The summed E-state index contributed by atoms with van der Waals surface area (Å²) in [5.41, 5.74) is 0.879. The molecule has 5 nitrogen and oxygen atoms in total. The Morgan fingerprint density at radius 3 is 2.36 bits per heavy atom. The number of urea groups is 1. The predicted octanol–water partition coefficient (Wildman–Crippen LogP) is 3.24. The van der Waals surface area contributed by atoms with Crippen molar-refractivity contribution in [3.63, 3.8) is 0 Å². The molecular formula is C17H13N3O2. The van der Waals surface area contributed by atoms with Gasteiger partial charge in [0.15, 0.2) is 0 Å². The molecule has 2 amide bonds. The van der Waals surface area contributed by atoms with Crippen LogP contribution in [-0.2, 0) is 0 Å². The number of rotatable bonds is 2. The highest BCUT2D eigenvalue weighted by atomic mass is 16.2. The molecule has 0 saturated carbocycles. The van der Waals surface area contributed by atoms with Crippen LogP contribution in [0.15, 0.2) is 71.5 Å². The molecule has 2 aromatic carbocycles. The van der Waals surface area contributed by atoms with Crippen LogP contribution in [0.2, 0.25) is 0 Å². The molecule has 5 heteroatoms. The minimum Gasteiger partial charge on any atom is -0.308 e. The number of para-hydroxylation sites is 2. The third kappa shape index (κ3) is 3.09. The number of nitrogens with one attached hydrogen (secondary N) is 2. The highest BCUT2D eigenvalue weighted by molar-refractivity contribution is 5.99. The number of amides is 2. The summed E-state index contributed by atoms with van der Waals surface area (Å²) in [6, 6.07) is 19.1. The van der Waals surface area contributed by atoms with Crippen molar-refractivity contribution < 1.29 is 4.79 Å². The predicted molar refractivity (Wildman–Crippen MR) is 87.1 cm³/mol. The van der Waals surface area contributed by atoms with Crippen LogP contribution in [0.5, 0.6) is 0 Å². The van der Waals surface area contributed by atoms with E-state index in [2.05, 4.69) is 15.6 Å². The number of carbonyl (C=O) groups excluding carboxylic acids is 1. The number of nitrogens with zero attached hydrogens (tertiary/aromatic N) is 1. The Kier molecular flexibility index (Phi) is 3.78. The molecule has 0 fully saturated rings. The number of carbonyl (C=O) groups is 1. The van der Waals surface area contributed by atoms with Crippen LogP contribution in [0, 0.1) is 0 Å². The highest BCUT2D eigenvalue weighted by Gasteiger charge is 2.06. The van der Waals surface area contributed by atoms with E-state index in [1.807, 2.05) is 36.4 Å². The molecule has 0 atom stereocenters. The Bertz CT molecular complexity index is 879. The van der Waals surface area contributed by atoms with Gasteiger partial charge in [-0.05, 0) is 24.3 Å². The van der Waals surface area contributed by atoms with E-state index < -0.39 is 11.6 Å². The van der Waals surface area contributed by atoms with Crippen molar-refractivity contribution in [3.05, 3.63) is 77.1 Å². The summed E-state index contributed by atoms with van der Waals surface area (Å²) in [6.45, 7) is 0. The monoisotopic (exact) mass is 291 g/mol. The lowest BCUT2D eigenvalue weighted by Gasteiger charge is -2.05. The van der Waals surface area contributed by atoms with E-state index in [-0.39, 0.29) is 5.69 Å². The maximum absolute atomic E-state index is 12.1. The van der Waals surface area contributed by atoms with Gasteiger partial charge in [-0.15, -0.1) is 0 Å². The van der Waals surface area contributed by atoms with Gasteiger partial charge in [0.2, 0.25) is 0 Å². The van der Waals surface area contributed by atoms with Gasteiger partial charge in [-0.25, -0.2) is 9.78 Å². The molecule has 0 aliphatic carbocycles. The fourth-order valence-corrected chi connectivity index (χ4v) is 2.05. The summed E-state index contributed by atoms with van der Waals surface area (Å²) in [4.78, 5) is 28.0. The van der Waals surface area contributed by atoms with Crippen LogP contribution in [0.25, 0.3) is 10.9 Å². The van der Waals surface area contributed by atoms with Crippen molar-refractivity contribution in [1.82, 2.24) is 4.98 Å². The second-order valence-corrected chi connectivity index (χ2v) is 4.67. The third-order valence-electron chi connectivity index (χ3n) is 3.10.